The summed E-state index contributed by atoms with van der Waals surface area (Å²) in [7, 11) is 0. The molecule has 4 nitrogen and oxygen atoms in total. The van der Waals surface area contributed by atoms with E-state index in [0.29, 0.717) is 15.8 Å². The Kier molecular flexibility index (Phi) is 3.32. The number of anilines is 1. The second-order valence-corrected chi connectivity index (χ2v) is 5.53. The SMILES string of the molecule is Cc1nsc(NC(=O)c2sccc2I)n1. The molecule has 0 aliphatic rings. The molecule has 0 spiro atoms. The van der Waals surface area contributed by atoms with Crippen molar-refractivity contribution in [2.75, 3.05) is 5.32 Å². The molecule has 7 heteroatoms. The third-order valence-electron chi connectivity index (χ3n) is 1.57. The highest BCUT2D eigenvalue weighted by atomic mass is 127. The van der Waals surface area contributed by atoms with Crippen LogP contribution in [-0.4, -0.2) is 15.3 Å². The van der Waals surface area contributed by atoms with E-state index < -0.39 is 0 Å². The zero-order valence-electron chi connectivity index (χ0n) is 7.65. The van der Waals surface area contributed by atoms with Crippen molar-refractivity contribution in [2.45, 2.75) is 6.92 Å². The smallest absolute Gasteiger partial charge is 0.268 e. The summed E-state index contributed by atoms with van der Waals surface area (Å²) in [4.78, 5) is 16.5. The Morgan fingerprint density at radius 1 is 1.60 bits per heavy atom. The summed E-state index contributed by atoms with van der Waals surface area (Å²) in [5.74, 6) is 0.557. The van der Waals surface area contributed by atoms with Crippen LogP contribution in [0.15, 0.2) is 11.4 Å². The molecular weight excluding hydrogens is 345 g/mol. The lowest BCUT2D eigenvalue weighted by Gasteiger charge is -1.97. The van der Waals surface area contributed by atoms with Gasteiger partial charge in [-0.3, -0.25) is 10.1 Å². The second kappa shape index (κ2) is 4.54. The van der Waals surface area contributed by atoms with Crippen molar-refractivity contribution in [3.8, 4) is 0 Å². The summed E-state index contributed by atoms with van der Waals surface area (Å²) in [5.41, 5.74) is 0. The summed E-state index contributed by atoms with van der Waals surface area (Å²) in [5, 5.41) is 5.15. The number of thiophene rings is 1. The third kappa shape index (κ3) is 2.52. The lowest BCUT2D eigenvalue weighted by atomic mass is 10.4. The van der Waals surface area contributed by atoms with E-state index in [4.69, 9.17) is 0 Å². The average molecular weight is 351 g/mol. The molecule has 0 aliphatic heterocycles. The largest absolute Gasteiger partial charge is 0.296 e. The van der Waals surface area contributed by atoms with Gasteiger partial charge in [0, 0.05) is 15.1 Å². The number of aryl methyl sites for hydroxylation is 1. The number of aromatic nitrogens is 2. The summed E-state index contributed by atoms with van der Waals surface area (Å²) in [6.07, 6.45) is 0. The maximum atomic E-state index is 11.7. The molecule has 1 amide bonds. The Balaban J connectivity index is 2.14. The maximum Gasteiger partial charge on any atom is 0.268 e. The first-order valence-corrected chi connectivity index (χ1v) is 6.74. The van der Waals surface area contributed by atoms with Crippen LogP contribution in [0.3, 0.4) is 0 Å². The minimum Gasteiger partial charge on any atom is -0.296 e. The van der Waals surface area contributed by atoms with Crippen LogP contribution in [0.1, 0.15) is 15.5 Å². The molecule has 0 saturated heterocycles. The van der Waals surface area contributed by atoms with Gasteiger partial charge in [-0.1, -0.05) is 0 Å². The van der Waals surface area contributed by atoms with Crippen molar-refractivity contribution in [3.63, 3.8) is 0 Å². The molecule has 1 N–H and O–H groups in total. The van der Waals surface area contributed by atoms with E-state index in [1.54, 1.807) is 6.92 Å². The molecule has 15 heavy (non-hydrogen) atoms. The lowest BCUT2D eigenvalue weighted by molar-refractivity contribution is 0.103. The Hall–Kier alpha value is -0.540. The van der Waals surface area contributed by atoms with Crippen LogP contribution in [0, 0.1) is 10.5 Å². The van der Waals surface area contributed by atoms with Crippen LogP contribution in [0.25, 0.3) is 0 Å². The Bertz CT molecular complexity index is 494. The summed E-state index contributed by atoms with van der Waals surface area (Å²) in [6, 6.07) is 1.91. The zero-order valence-corrected chi connectivity index (χ0v) is 11.4. The fourth-order valence-corrected chi connectivity index (χ4v) is 3.26. The van der Waals surface area contributed by atoms with Gasteiger partial charge in [0.15, 0.2) is 0 Å². The number of nitrogens with zero attached hydrogens (tertiary/aromatic N) is 2. The molecule has 2 heterocycles. The van der Waals surface area contributed by atoms with Gasteiger partial charge < -0.3 is 0 Å². The minimum atomic E-state index is -0.120. The molecule has 2 aromatic rings. The molecule has 0 radical (unpaired) electrons. The highest BCUT2D eigenvalue weighted by Gasteiger charge is 2.13. The molecule has 0 atom stereocenters. The van der Waals surface area contributed by atoms with Gasteiger partial charge in [0.1, 0.15) is 10.7 Å². The average Bonchev–Trinajstić information content (AvgIpc) is 2.75. The number of hydrogen-bond donors (Lipinski definition) is 1. The number of nitrogens with one attached hydrogen (secondary N) is 1. The van der Waals surface area contributed by atoms with Gasteiger partial charge >= 0.3 is 0 Å². The molecule has 0 unspecified atom stereocenters. The van der Waals surface area contributed by atoms with E-state index >= 15 is 0 Å². The Morgan fingerprint density at radius 2 is 2.40 bits per heavy atom. The monoisotopic (exact) mass is 351 g/mol. The van der Waals surface area contributed by atoms with Crippen LogP contribution in [0.2, 0.25) is 0 Å². The van der Waals surface area contributed by atoms with Gasteiger partial charge in [-0.25, -0.2) is 4.98 Å². The summed E-state index contributed by atoms with van der Waals surface area (Å²) < 4.78 is 4.95. The van der Waals surface area contributed by atoms with E-state index in [1.165, 1.54) is 22.9 Å². The minimum absolute atomic E-state index is 0.120. The van der Waals surface area contributed by atoms with Gasteiger partial charge in [0.05, 0.1) is 0 Å². The van der Waals surface area contributed by atoms with Crippen molar-refractivity contribution in [2.24, 2.45) is 0 Å². The quantitative estimate of drug-likeness (QED) is 0.847. The molecule has 2 aromatic heterocycles. The van der Waals surface area contributed by atoms with E-state index in [-0.39, 0.29) is 5.91 Å². The first-order valence-electron chi connectivity index (χ1n) is 4.01. The molecule has 0 aliphatic carbocycles. The van der Waals surface area contributed by atoms with Crippen molar-refractivity contribution < 1.29 is 4.79 Å². The number of carbonyl (C=O) groups is 1. The highest BCUT2D eigenvalue weighted by molar-refractivity contribution is 14.1. The fraction of sp³-hybridized carbons (Fsp3) is 0.125. The highest BCUT2D eigenvalue weighted by Crippen LogP contribution is 2.20. The second-order valence-electron chi connectivity index (χ2n) is 2.70. The third-order valence-corrected chi connectivity index (χ3v) is 4.47. The van der Waals surface area contributed by atoms with E-state index in [9.17, 15) is 4.79 Å². The lowest BCUT2D eigenvalue weighted by Crippen LogP contribution is -2.11. The molecule has 78 valence electrons. The van der Waals surface area contributed by atoms with Crippen LogP contribution in [0.5, 0.6) is 0 Å². The normalized spacial score (nSPS) is 10.3. The zero-order chi connectivity index (χ0) is 10.8. The van der Waals surface area contributed by atoms with Crippen LogP contribution >= 0.6 is 45.5 Å². The molecule has 0 saturated carbocycles. The van der Waals surface area contributed by atoms with Gasteiger partial charge in [-0.15, -0.1) is 11.3 Å². The van der Waals surface area contributed by atoms with Gasteiger partial charge in [-0.2, -0.15) is 4.37 Å². The molecule has 0 bridgehead atoms. The van der Waals surface area contributed by atoms with Crippen molar-refractivity contribution in [1.82, 2.24) is 9.36 Å². The predicted molar refractivity (Wildman–Crippen MR) is 69.6 cm³/mol. The van der Waals surface area contributed by atoms with Crippen LogP contribution in [0.4, 0.5) is 5.13 Å². The van der Waals surface area contributed by atoms with Crippen molar-refractivity contribution >= 4 is 56.5 Å². The summed E-state index contributed by atoms with van der Waals surface area (Å²) >= 11 is 4.75. The first-order chi connectivity index (χ1) is 7.16. The predicted octanol–water partition coefficient (Wildman–Crippen LogP) is 2.76. The first kappa shape index (κ1) is 11.0. The molecule has 2 rings (SSSR count). The molecule has 0 aromatic carbocycles. The topological polar surface area (TPSA) is 54.9 Å². The van der Waals surface area contributed by atoms with Crippen molar-refractivity contribution in [3.05, 3.63) is 25.7 Å². The fourth-order valence-electron chi connectivity index (χ4n) is 0.957. The number of hydrogen-bond acceptors (Lipinski definition) is 5. The van der Waals surface area contributed by atoms with E-state index in [2.05, 4.69) is 37.3 Å². The Morgan fingerprint density at radius 3 is 2.93 bits per heavy atom. The van der Waals surface area contributed by atoms with Gasteiger partial charge in [0.25, 0.3) is 5.91 Å². The molecule has 0 fully saturated rings. The standard InChI is InChI=1S/C8H6IN3OS2/c1-4-10-8(15-12-4)11-7(13)6-5(9)2-3-14-6/h2-3H,1H3,(H,10,11,12,13). The number of amides is 1. The van der Waals surface area contributed by atoms with Crippen LogP contribution < -0.4 is 5.32 Å². The molecular formula is C8H6IN3OS2. The van der Waals surface area contributed by atoms with Crippen LogP contribution in [-0.2, 0) is 0 Å². The number of rotatable bonds is 2. The van der Waals surface area contributed by atoms with E-state index in [1.807, 2.05) is 11.4 Å². The van der Waals surface area contributed by atoms with Gasteiger partial charge in [0.2, 0.25) is 5.13 Å². The maximum absolute atomic E-state index is 11.7. The summed E-state index contributed by atoms with van der Waals surface area (Å²) in [6.45, 7) is 1.79. The number of halogens is 1. The Labute approximate surface area is 108 Å². The van der Waals surface area contributed by atoms with Gasteiger partial charge in [-0.05, 0) is 41.0 Å². The number of carbonyl (C=O) groups excluding carboxylic acids is 1. The van der Waals surface area contributed by atoms with Crippen molar-refractivity contribution in [1.29, 1.82) is 0 Å². The van der Waals surface area contributed by atoms with E-state index in [0.717, 1.165) is 3.57 Å².